The molecular weight excluding hydrogens is 669 g/mol. The van der Waals surface area contributed by atoms with Crippen LogP contribution in [0.4, 0.5) is 0 Å². The highest BCUT2D eigenvalue weighted by atomic mass is 16.3. The molecule has 0 saturated carbocycles. The van der Waals surface area contributed by atoms with Crippen LogP contribution in [0.5, 0.6) is 0 Å². The van der Waals surface area contributed by atoms with Crippen LogP contribution in [0.2, 0.25) is 0 Å². The van der Waals surface area contributed by atoms with Crippen LogP contribution >= 0.6 is 0 Å². The summed E-state index contributed by atoms with van der Waals surface area (Å²) in [5.74, 6) is 2.74. The van der Waals surface area contributed by atoms with Crippen molar-refractivity contribution in [2.45, 2.75) is 0 Å². The highest BCUT2D eigenvalue weighted by molar-refractivity contribution is 6.30. The molecule has 0 aliphatic heterocycles. The summed E-state index contributed by atoms with van der Waals surface area (Å²) in [5.41, 5.74) is 11.8. The number of rotatable bonds is 4. The highest BCUT2D eigenvalue weighted by Crippen LogP contribution is 2.47. The third-order valence-corrected chi connectivity index (χ3v) is 11.2. The first-order valence-corrected chi connectivity index (χ1v) is 18.5. The molecule has 0 aliphatic carbocycles. The molecule has 55 heavy (non-hydrogen) atoms. The van der Waals surface area contributed by atoms with E-state index in [0.717, 1.165) is 87.7 Å². The number of aromatic nitrogens is 2. The number of para-hydroxylation sites is 2. The van der Waals surface area contributed by atoms with E-state index in [0.29, 0.717) is 0 Å². The minimum Gasteiger partial charge on any atom is -0.455 e. The quantitative estimate of drug-likeness (QED) is 0.168. The fourth-order valence-electron chi connectivity index (χ4n) is 8.68. The minimum absolute atomic E-state index is 0.876. The van der Waals surface area contributed by atoms with E-state index in [2.05, 4.69) is 179 Å². The molecule has 0 radical (unpaired) electrons. The van der Waals surface area contributed by atoms with Crippen LogP contribution in [-0.4, -0.2) is 9.13 Å². The molecule has 3 heterocycles. The summed E-state index contributed by atoms with van der Waals surface area (Å²) in [6.45, 7) is 4.41. The lowest BCUT2D eigenvalue weighted by Crippen LogP contribution is -2.27. The Kier molecular flexibility index (Phi) is 6.77. The van der Waals surface area contributed by atoms with Crippen LogP contribution in [0.1, 0.15) is 0 Å². The molecule has 0 fully saturated rings. The molecule has 3 aromatic heterocycles. The molecule has 0 saturated heterocycles. The monoisotopic (exact) mass is 700 g/mol. The molecule has 0 N–H and O–H groups in total. The molecule has 11 rings (SSSR count). The minimum atomic E-state index is 0.876. The van der Waals surface area contributed by atoms with E-state index in [1.54, 1.807) is 0 Å². The van der Waals surface area contributed by atoms with Crippen LogP contribution in [0, 0.1) is 12.3 Å². The lowest BCUT2D eigenvalue weighted by Gasteiger charge is -2.14. The van der Waals surface area contributed by atoms with Gasteiger partial charge in [0.25, 0.3) is 0 Å². The highest BCUT2D eigenvalue weighted by Gasteiger charge is 2.24. The van der Waals surface area contributed by atoms with Gasteiger partial charge in [-0.15, -0.1) is 6.42 Å². The van der Waals surface area contributed by atoms with Crippen molar-refractivity contribution >= 4 is 78.1 Å². The zero-order chi connectivity index (χ0) is 36.6. The van der Waals surface area contributed by atoms with Gasteiger partial charge in [-0.05, 0) is 64.5 Å². The summed E-state index contributed by atoms with van der Waals surface area (Å²) in [6, 6.07) is 60.5. The fraction of sp³-hybridized carbons (Fsp3) is 0. The topological polar surface area (TPSA) is 23.0 Å². The molecular formula is C52H32N2O. The van der Waals surface area contributed by atoms with E-state index in [9.17, 15) is 0 Å². The van der Waals surface area contributed by atoms with Gasteiger partial charge in [-0.25, -0.2) is 0 Å². The predicted molar refractivity (Wildman–Crippen MR) is 231 cm³/mol. The maximum absolute atomic E-state index is 6.82. The van der Waals surface area contributed by atoms with Gasteiger partial charge in [0.2, 0.25) is 0 Å². The summed E-state index contributed by atoms with van der Waals surface area (Å²) in [7, 11) is 0. The molecule has 0 amide bonds. The van der Waals surface area contributed by atoms with Crippen LogP contribution < -0.4 is 10.6 Å². The van der Waals surface area contributed by atoms with Gasteiger partial charge in [0.05, 0.1) is 27.3 Å². The lowest BCUT2D eigenvalue weighted by molar-refractivity contribution is 0.673. The molecule has 256 valence electrons. The van der Waals surface area contributed by atoms with Gasteiger partial charge in [0.15, 0.2) is 0 Å². The van der Waals surface area contributed by atoms with E-state index in [4.69, 9.17) is 10.8 Å². The Bertz CT molecular complexity index is 3480. The summed E-state index contributed by atoms with van der Waals surface area (Å²) in [5, 5.41) is 9.75. The largest absolute Gasteiger partial charge is 0.455 e. The van der Waals surface area contributed by atoms with E-state index in [-0.39, 0.29) is 0 Å². The maximum atomic E-state index is 6.82. The standard InChI is InChI=1S/C52H32N2O/c1-3-13-46-33(2)40-17-9-11-20-47(40)53(46)38-29-24-37(25-30-38)44-32-45-42-19-10-12-21-48(42)55-52(45)49-43-31-26-36-16-7-8-18-41(36)50(43)54(51(44)49)39-27-22-35(23-28-39)34-14-5-4-6-15-34/h1,4-32H,2H2/b46-13+. The van der Waals surface area contributed by atoms with Gasteiger partial charge >= 0.3 is 0 Å². The van der Waals surface area contributed by atoms with Gasteiger partial charge in [-0.2, -0.15) is 0 Å². The van der Waals surface area contributed by atoms with E-state index < -0.39 is 0 Å². The molecule has 3 heteroatoms. The van der Waals surface area contributed by atoms with E-state index in [1.807, 2.05) is 18.2 Å². The summed E-state index contributed by atoms with van der Waals surface area (Å²) >= 11 is 0. The van der Waals surface area contributed by atoms with Crippen LogP contribution in [-0.2, 0) is 0 Å². The van der Waals surface area contributed by atoms with E-state index in [1.165, 1.54) is 21.9 Å². The number of nitrogens with zero attached hydrogens (tertiary/aromatic N) is 2. The molecule has 0 spiro atoms. The Hall–Kier alpha value is -7.54. The third-order valence-electron chi connectivity index (χ3n) is 11.2. The van der Waals surface area contributed by atoms with Crippen molar-refractivity contribution in [2.75, 3.05) is 0 Å². The number of furan rings is 1. The Morgan fingerprint density at radius 2 is 1.16 bits per heavy atom. The molecule has 0 atom stereocenters. The number of benzene rings is 8. The van der Waals surface area contributed by atoms with Crippen molar-refractivity contribution < 1.29 is 4.42 Å². The molecule has 11 aromatic rings. The zero-order valence-electron chi connectivity index (χ0n) is 29.8. The summed E-state index contributed by atoms with van der Waals surface area (Å²) in [4.78, 5) is 0. The first kappa shape index (κ1) is 31.0. The molecule has 0 aliphatic rings. The second-order valence-corrected chi connectivity index (χ2v) is 14.1. The Morgan fingerprint density at radius 1 is 0.527 bits per heavy atom. The predicted octanol–water partition coefficient (Wildman–Crippen LogP) is 11.9. The second kappa shape index (κ2) is 12.0. The molecule has 3 nitrogen and oxygen atoms in total. The summed E-state index contributed by atoms with van der Waals surface area (Å²) in [6.07, 6.45) is 7.65. The van der Waals surface area contributed by atoms with Gasteiger partial charge < -0.3 is 13.6 Å². The van der Waals surface area contributed by atoms with Gasteiger partial charge in [0, 0.05) is 55.2 Å². The number of hydrogen-bond acceptors (Lipinski definition) is 1. The Labute approximate surface area is 316 Å². The van der Waals surface area contributed by atoms with Gasteiger partial charge in [-0.3, -0.25) is 0 Å². The third kappa shape index (κ3) is 4.59. The smallest absolute Gasteiger partial charge is 0.145 e. The van der Waals surface area contributed by atoms with Crippen LogP contribution in [0.15, 0.2) is 174 Å². The Balaban J connectivity index is 1.25. The summed E-state index contributed by atoms with van der Waals surface area (Å²) < 4.78 is 11.5. The number of fused-ring (bicyclic) bond motifs is 10. The van der Waals surface area contributed by atoms with Crippen LogP contribution in [0.3, 0.4) is 0 Å². The molecule has 8 aromatic carbocycles. The van der Waals surface area contributed by atoms with Crippen molar-refractivity contribution in [3.8, 4) is 46.0 Å². The average molecular weight is 701 g/mol. The number of terminal acetylenes is 1. The molecule has 0 bridgehead atoms. The van der Waals surface area contributed by atoms with Crippen molar-refractivity contribution in [3.05, 3.63) is 180 Å². The lowest BCUT2D eigenvalue weighted by atomic mass is 9.97. The SMILES string of the molecule is C#C/C=c1\c(=C)c2ccccc2n1-c1ccc(-c2cc3c4ccccc4oc3c3c4ccc5ccccc5c4n(-c4ccc(-c5ccccc5)cc4)c23)cc1. The van der Waals surface area contributed by atoms with Gasteiger partial charge in [0.1, 0.15) is 11.2 Å². The van der Waals surface area contributed by atoms with Crippen molar-refractivity contribution in [3.63, 3.8) is 0 Å². The van der Waals surface area contributed by atoms with Crippen LogP contribution in [0.25, 0.3) is 112 Å². The van der Waals surface area contributed by atoms with E-state index >= 15 is 0 Å². The first-order chi connectivity index (χ1) is 27.2. The Morgan fingerprint density at radius 3 is 1.95 bits per heavy atom. The van der Waals surface area contributed by atoms with Gasteiger partial charge in [-0.1, -0.05) is 140 Å². The fourth-order valence-corrected chi connectivity index (χ4v) is 8.68. The van der Waals surface area contributed by atoms with Crippen molar-refractivity contribution in [2.24, 2.45) is 0 Å². The zero-order valence-corrected chi connectivity index (χ0v) is 29.8. The molecule has 0 unspecified atom stereocenters. The number of hydrogen-bond donors (Lipinski definition) is 0. The van der Waals surface area contributed by atoms with Crippen molar-refractivity contribution in [1.29, 1.82) is 0 Å². The maximum Gasteiger partial charge on any atom is 0.145 e. The normalized spacial score (nSPS) is 12.2. The average Bonchev–Trinajstić information content (AvgIpc) is 3.89. The van der Waals surface area contributed by atoms with Crippen molar-refractivity contribution in [1.82, 2.24) is 9.13 Å². The first-order valence-electron chi connectivity index (χ1n) is 18.5. The second-order valence-electron chi connectivity index (χ2n) is 14.1.